The number of fused-ring (bicyclic) bond motifs is 1. The summed E-state index contributed by atoms with van der Waals surface area (Å²) >= 11 is 0. The summed E-state index contributed by atoms with van der Waals surface area (Å²) < 4.78 is 16.0. The van der Waals surface area contributed by atoms with Crippen molar-refractivity contribution in [1.82, 2.24) is 9.47 Å². The number of carbonyl (C=O) groups is 2. The van der Waals surface area contributed by atoms with Crippen LogP contribution in [0.4, 0.5) is 4.39 Å². The number of piperidine rings is 1. The summed E-state index contributed by atoms with van der Waals surface area (Å²) in [5.74, 6) is -0.859. The fourth-order valence-electron chi connectivity index (χ4n) is 4.49. The third-order valence-electron chi connectivity index (χ3n) is 5.94. The van der Waals surface area contributed by atoms with Crippen LogP contribution in [-0.4, -0.2) is 33.2 Å². The first-order valence-electron chi connectivity index (χ1n) is 10.2. The molecule has 0 bridgehead atoms. The Bertz CT molecular complexity index is 1060. The number of halogens is 1. The SMILES string of the molecule is C[C@@H]1CCC[C@@H](C)N1C(=O)Cn1cc(C(=O)c2ccccc2F)c2ccccc21. The first kappa shape index (κ1) is 19.4. The first-order valence-corrected chi connectivity index (χ1v) is 10.2. The molecular formula is C24H25FN2O2. The van der Waals surface area contributed by atoms with Crippen molar-refractivity contribution >= 4 is 22.6 Å². The zero-order chi connectivity index (χ0) is 20.5. The minimum absolute atomic E-state index is 0.0417. The minimum atomic E-state index is -0.540. The Labute approximate surface area is 169 Å². The molecule has 0 unspecified atom stereocenters. The molecule has 2 aromatic carbocycles. The van der Waals surface area contributed by atoms with Crippen molar-refractivity contribution in [1.29, 1.82) is 0 Å². The number of hydrogen-bond donors (Lipinski definition) is 0. The molecule has 0 aliphatic carbocycles. The van der Waals surface area contributed by atoms with Gasteiger partial charge in [0.1, 0.15) is 12.4 Å². The van der Waals surface area contributed by atoms with Crippen LogP contribution in [0.5, 0.6) is 0 Å². The molecular weight excluding hydrogens is 367 g/mol. The van der Waals surface area contributed by atoms with Crippen molar-refractivity contribution < 1.29 is 14.0 Å². The zero-order valence-corrected chi connectivity index (χ0v) is 16.8. The van der Waals surface area contributed by atoms with Gasteiger partial charge >= 0.3 is 0 Å². The lowest BCUT2D eigenvalue weighted by atomic mass is 9.97. The van der Waals surface area contributed by atoms with Crippen LogP contribution in [-0.2, 0) is 11.3 Å². The van der Waals surface area contributed by atoms with Gasteiger partial charge in [-0.15, -0.1) is 0 Å². The van der Waals surface area contributed by atoms with E-state index < -0.39 is 5.82 Å². The first-order chi connectivity index (χ1) is 14.0. The van der Waals surface area contributed by atoms with Crippen LogP contribution in [0.15, 0.2) is 54.7 Å². The molecule has 1 aliphatic rings. The zero-order valence-electron chi connectivity index (χ0n) is 16.8. The number of ketones is 1. The Morgan fingerprint density at radius 2 is 1.62 bits per heavy atom. The average Bonchev–Trinajstić information content (AvgIpc) is 3.06. The van der Waals surface area contributed by atoms with Crippen molar-refractivity contribution in [3.05, 3.63) is 71.7 Å². The standard InChI is InChI=1S/C24H25FN2O2/c1-16-8-7-9-17(2)27(16)23(28)15-26-14-20(18-10-4-6-13-22(18)26)24(29)19-11-3-5-12-21(19)25/h3-6,10-14,16-17H,7-9,15H2,1-2H3/t16-,17-/m1/s1. The van der Waals surface area contributed by atoms with Crippen LogP contribution in [0.3, 0.4) is 0 Å². The normalized spacial score (nSPS) is 19.5. The van der Waals surface area contributed by atoms with Gasteiger partial charge in [-0.05, 0) is 51.3 Å². The van der Waals surface area contributed by atoms with Gasteiger partial charge in [0.2, 0.25) is 5.91 Å². The molecule has 0 N–H and O–H groups in total. The van der Waals surface area contributed by atoms with Gasteiger partial charge in [-0.1, -0.05) is 30.3 Å². The Hall–Kier alpha value is -2.95. The highest BCUT2D eigenvalue weighted by molar-refractivity contribution is 6.16. The van der Waals surface area contributed by atoms with E-state index in [0.29, 0.717) is 5.56 Å². The summed E-state index contributed by atoms with van der Waals surface area (Å²) in [7, 11) is 0. The fourth-order valence-corrected chi connectivity index (χ4v) is 4.49. The monoisotopic (exact) mass is 392 g/mol. The largest absolute Gasteiger partial charge is 0.337 e. The second kappa shape index (κ2) is 7.82. The number of benzene rings is 2. The van der Waals surface area contributed by atoms with Crippen LogP contribution < -0.4 is 0 Å². The average molecular weight is 392 g/mol. The van der Waals surface area contributed by atoms with Gasteiger partial charge in [0, 0.05) is 34.7 Å². The van der Waals surface area contributed by atoms with Gasteiger partial charge in [-0.25, -0.2) is 4.39 Å². The summed E-state index contributed by atoms with van der Waals surface area (Å²) in [4.78, 5) is 28.1. The number of aromatic nitrogens is 1. The van der Waals surface area contributed by atoms with Gasteiger partial charge in [-0.2, -0.15) is 0 Å². The molecule has 0 radical (unpaired) electrons. The number of hydrogen-bond acceptors (Lipinski definition) is 2. The summed E-state index contributed by atoms with van der Waals surface area (Å²) in [5, 5.41) is 0.730. The van der Waals surface area contributed by atoms with Crippen molar-refractivity contribution in [3.8, 4) is 0 Å². The van der Waals surface area contributed by atoms with Crippen molar-refractivity contribution in [2.75, 3.05) is 0 Å². The molecule has 2 heterocycles. The highest BCUT2D eigenvalue weighted by Gasteiger charge is 2.29. The minimum Gasteiger partial charge on any atom is -0.337 e. The van der Waals surface area contributed by atoms with E-state index >= 15 is 0 Å². The Balaban J connectivity index is 1.70. The summed E-state index contributed by atoms with van der Waals surface area (Å²) in [5.41, 5.74) is 1.26. The molecule has 0 spiro atoms. The molecule has 4 nitrogen and oxygen atoms in total. The van der Waals surface area contributed by atoms with E-state index in [2.05, 4.69) is 13.8 Å². The van der Waals surface area contributed by atoms with Crippen LogP contribution in [0.25, 0.3) is 10.9 Å². The molecule has 1 aromatic heterocycles. The molecule has 1 fully saturated rings. The highest BCUT2D eigenvalue weighted by Crippen LogP contribution is 2.27. The molecule has 29 heavy (non-hydrogen) atoms. The van der Waals surface area contributed by atoms with E-state index in [1.54, 1.807) is 18.3 Å². The summed E-state index contributed by atoms with van der Waals surface area (Å²) in [6.45, 7) is 4.35. The van der Waals surface area contributed by atoms with Crippen molar-refractivity contribution in [3.63, 3.8) is 0 Å². The number of likely N-dealkylation sites (tertiary alicyclic amines) is 1. The maximum Gasteiger partial charge on any atom is 0.242 e. The third kappa shape index (κ3) is 3.57. The lowest BCUT2D eigenvalue weighted by molar-refractivity contribution is -0.137. The number of nitrogens with zero attached hydrogens (tertiary/aromatic N) is 2. The predicted molar refractivity (Wildman–Crippen MR) is 111 cm³/mol. The molecule has 0 saturated carbocycles. The Morgan fingerprint density at radius 3 is 2.34 bits per heavy atom. The molecule has 150 valence electrons. The lowest BCUT2D eigenvalue weighted by Crippen LogP contribution is -2.48. The van der Waals surface area contributed by atoms with Crippen LogP contribution in [0.1, 0.15) is 49.0 Å². The van der Waals surface area contributed by atoms with Crippen LogP contribution in [0, 0.1) is 5.82 Å². The number of amides is 1. The number of rotatable bonds is 4. The second-order valence-electron chi connectivity index (χ2n) is 7.93. The van der Waals surface area contributed by atoms with Gasteiger partial charge < -0.3 is 9.47 Å². The van der Waals surface area contributed by atoms with Gasteiger partial charge in [0.15, 0.2) is 5.78 Å². The highest BCUT2D eigenvalue weighted by atomic mass is 19.1. The lowest BCUT2D eigenvalue weighted by Gasteiger charge is -2.39. The smallest absolute Gasteiger partial charge is 0.242 e. The van der Waals surface area contributed by atoms with Crippen LogP contribution in [0.2, 0.25) is 0 Å². The predicted octanol–water partition coefficient (Wildman–Crippen LogP) is 4.80. The molecule has 3 aromatic rings. The van der Waals surface area contributed by atoms with Crippen LogP contribution >= 0.6 is 0 Å². The van der Waals surface area contributed by atoms with Gasteiger partial charge in [0.25, 0.3) is 0 Å². The number of para-hydroxylation sites is 1. The topological polar surface area (TPSA) is 42.3 Å². The summed E-state index contributed by atoms with van der Waals surface area (Å²) in [6, 6.07) is 13.9. The molecule has 2 atom stereocenters. The van der Waals surface area contributed by atoms with E-state index in [1.165, 1.54) is 12.1 Å². The van der Waals surface area contributed by atoms with E-state index in [-0.39, 0.29) is 35.9 Å². The van der Waals surface area contributed by atoms with E-state index in [4.69, 9.17) is 0 Å². The fraction of sp³-hybridized carbons (Fsp3) is 0.333. The quantitative estimate of drug-likeness (QED) is 0.599. The molecule has 5 heteroatoms. The van der Waals surface area contributed by atoms with Crippen molar-refractivity contribution in [2.45, 2.75) is 51.7 Å². The maximum atomic E-state index is 14.2. The van der Waals surface area contributed by atoms with Crippen molar-refractivity contribution in [2.24, 2.45) is 0 Å². The summed E-state index contributed by atoms with van der Waals surface area (Å²) in [6.07, 6.45) is 4.86. The molecule has 4 rings (SSSR count). The number of carbonyl (C=O) groups excluding carboxylic acids is 2. The molecule has 1 saturated heterocycles. The van der Waals surface area contributed by atoms with Gasteiger partial charge in [0.05, 0.1) is 5.56 Å². The van der Waals surface area contributed by atoms with Gasteiger partial charge in [-0.3, -0.25) is 9.59 Å². The maximum absolute atomic E-state index is 14.2. The second-order valence-corrected chi connectivity index (χ2v) is 7.93. The molecule has 1 aliphatic heterocycles. The Kier molecular flexibility index (Phi) is 5.22. The third-order valence-corrected chi connectivity index (χ3v) is 5.94. The van der Waals surface area contributed by atoms with E-state index in [9.17, 15) is 14.0 Å². The molecule has 1 amide bonds. The van der Waals surface area contributed by atoms with E-state index in [1.807, 2.05) is 33.7 Å². The Morgan fingerprint density at radius 1 is 0.966 bits per heavy atom. The van der Waals surface area contributed by atoms with E-state index in [0.717, 1.165) is 30.2 Å².